The molecule has 0 saturated heterocycles. The first kappa shape index (κ1) is 13.9. The number of amides is 1. The van der Waals surface area contributed by atoms with E-state index in [1.807, 2.05) is 25.2 Å². The molecule has 0 unspecified atom stereocenters. The predicted molar refractivity (Wildman–Crippen MR) is 62.5 cm³/mol. The minimum Gasteiger partial charge on any atom is -0.395 e. The lowest BCUT2D eigenvalue weighted by Gasteiger charge is -2.20. The molecule has 0 aromatic heterocycles. The largest absolute Gasteiger partial charge is 0.395 e. The van der Waals surface area contributed by atoms with Crippen molar-refractivity contribution in [1.82, 2.24) is 4.90 Å². The standard InChI is InChI=1S/C11H17NO2.CH4/c1-2-12(8-9-13)11(14)10-6-4-3-5-7-10;/h4,6-7,13H,2-3,5,8-9H2,1H3;1H4. The van der Waals surface area contributed by atoms with E-state index in [1.54, 1.807) is 4.90 Å². The van der Waals surface area contributed by atoms with Crippen molar-refractivity contribution in [2.24, 2.45) is 0 Å². The van der Waals surface area contributed by atoms with E-state index in [4.69, 9.17) is 5.11 Å². The molecule has 0 aromatic carbocycles. The summed E-state index contributed by atoms with van der Waals surface area (Å²) in [5, 5.41) is 8.78. The van der Waals surface area contributed by atoms with Crippen molar-refractivity contribution in [3.05, 3.63) is 23.8 Å². The van der Waals surface area contributed by atoms with E-state index >= 15 is 0 Å². The third kappa shape index (κ3) is 3.88. The Morgan fingerprint density at radius 2 is 2.27 bits per heavy atom. The molecule has 1 rings (SSSR count). The van der Waals surface area contributed by atoms with Crippen LogP contribution >= 0.6 is 0 Å². The van der Waals surface area contributed by atoms with Gasteiger partial charge in [-0.05, 0) is 19.8 Å². The molecule has 3 nitrogen and oxygen atoms in total. The lowest BCUT2D eigenvalue weighted by atomic mass is 10.1. The zero-order valence-corrected chi connectivity index (χ0v) is 8.57. The third-order valence-electron chi connectivity index (χ3n) is 2.28. The van der Waals surface area contributed by atoms with Crippen molar-refractivity contribution >= 4 is 5.91 Å². The number of rotatable bonds is 4. The summed E-state index contributed by atoms with van der Waals surface area (Å²) in [5.74, 6) is 0.0255. The summed E-state index contributed by atoms with van der Waals surface area (Å²) >= 11 is 0. The number of hydrogen-bond donors (Lipinski definition) is 1. The molecule has 0 radical (unpaired) electrons. The zero-order valence-electron chi connectivity index (χ0n) is 8.57. The molecule has 1 aliphatic carbocycles. The van der Waals surface area contributed by atoms with E-state index in [1.165, 1.54) is 0 Å². The van der Waals surface area contributed by atoms with Gasteiger partial charge in [0, 0.05) is 18.7 Å². The van der Waals surface area contributed by atoms with E-state index in [0.29, 0.717) is 13.1 Å². The fourth-order valence-corrected chi connectivity index (χ4v) is 1.48. The minimum absolute atomic E-state index is 0. The van der Waals surface area contributed by atoms with Crippen LogP contribution in [0.2, 0.25) is 0 Å². The average molecular weight is 211 g/mol. The van der Waals surface area contributed by atoms with Gasteiger partial charge in [-0.2, -0.15) is 0 Å². The van der Waals surface area contributed by atoms with Gasteiger partial charge < -0.3 is 10.0 Å². The second kappa shape index (κ2) is 7.23. The Morgan fingerprint density at radius 1 is 1.53 bits per heavy atom. The highest BCUT2D eigenvalue weighted by Crippen LogP contribution is 2.12. The number of carbonyl (C=O) groups excluding carboxylic acids is 1. The normalized spacial score (nSPS) is 14.1. The quantitative estimate of drug-likeness (QED) is 0.769. The summed E-state index contributed by atoms with van der Waals surface area (Å²) in [6, 6.07) is 0. The number of aliphatic hydroxyl groups excluding tert-OH is 1. The Bertz CT molecular complexity index is 256. The maximum atomic E-state index is 11.8. The number of allylic oxidation sites excluding steroid dienone is 2. The average Bonchev–Trinajstić information content (AvgIpc) is 2.26. The predicted octanol–water partition coefficient (Wildman–Crippen LogP) is 1.74. The highest BCUT2D eigenvalue weighted by Gasteiger charge is 2.14. The van der Waals surface area contributed by atoms with Gasteiger partial charge in [-0.15, -0.1) is 0 Å². The van der Waals surface area contributed by atoms with Crippen LogP contribution in [0.15, 0.2) is 23.8 Å². The topological polar surface area (TPSA) is 40.5 Å². The Hall–Kier alpha value is -1.09. The summed E-state index contributed by atoms with van der Waals surface area (Å²) in [6.45, 7) is 3.00. The Kier molecular flexibility index (Phi) is 6.71. The molecule has 1 amide bonds. The summed E-state index contributed by atoms with van der Waals surface area (Å²) in [7, 11) is 0. The summed E-state index contributed by atoms with van der Waals surface area (Å²) in [6.07, 6.45) is 7.80. The van der Waals surface area contributed by atoms with Crippen molar-refractivity contribution in [3.63, 3.8) is 0 Å². The number of hydrogen-bond acceptors (Lipinski definition) is 2. The van der Waals surface area contributed by atoms with Crippen LogP contribution in [-0.2, 0) is 4.79 Å². The van der Waals surface area contributed by atoms with Gasteiger partial charge in [0.15, 0.2) is 0 Å². The van der Waals surface area contributed by atoms with Crippen LogP contribution in [0, 0.1) is 0 Å². The molecule has 0 aliphatic heterocycles. The molecule has 0 atom stereocenters. The van der Waals surface area contributed by atoms with E-state index in [0.717, 1.165) is 18.4 Å². The SMILES string of the molecule is C.CCN(CCO)C(=O)C1=CCCC=C1. The molecule has 1 N–H and O–H groups in total. The molecule has 86 valence electrons. The number of aliphatic hydroxyl groups is 1. The maximum Gasteiger partial charge on any atom is 0.253 e. The highest BCUT2D eigenvalue weighted by molar-refractivity contribution is 5.96. The minimum atomic E-state index is 0. The maximum absolute atomic E-state index is 11.8. The molecular formula is C12H21NO2. The fraction of sp³-hybridized carbons (Fsp3) is 0.583. The van der Waals surface area contributed by atoms with Gasteiger partial charge in [0.25, 0.3) is 5.91 Å². The van der Waals surface area contributed by atoms with Crippen molar-refractivity contribution in [2.45, 2.75) is 27.2 Å². The van der Waals surface area contributed by atoms with Crippen LogP contribution in [-0.4, -0.2) is 35.6 Å². The summed E-state index contributed by atoms with van der Waals surface area (Å²) in [5.41, 5.74) is 0.756. The monoisotopic (exact) mass is 211 g/mol. The van der Waals surface area contributed by atoms with Crippen molar-refractivity contribution < 1.29 is 9.90 Å². The van der Waals surface area contributed by atoms with Crippen LogP contribution in [0.25, 0.3) is 0 Å². The lowest BCUT2D eigenvalue weighted by Crippen LogP contribution is -2.34. The molecular weight excluding hydrogens is 190 g/mol. The first-order valence-corrected chi connectivity index (χ1v) is 5.06. The molecule has 1 aliphatic rings. The van der Waals surface area contributed by atoms with Crippen molar-refractivity contribution in [2.75, 3.05) is 19.7 Å². The van der Waals surface area contributed by atoms with Gasteiger partial charge in [0.1, 0.15) is 0 Å². The van der Waals surface area contributed by atoms with E-state index in [-0.39, 0.29) is 19.9 Å². The second-order valence-corrected chi connectivity index (χ2v) is 3.25. The molecule has 0 spiro atoms. The number of nitrogens with zero attached hydrogens (tertiary/aromatic N) is 1. The van der Waals surface area contributed by atoms with Gasteiger partial charge in [0.05, 0.1) is 6.61 Å². The molecule has 0 aromatic rings. The van der Waals surface area contributed by atoms with Crippen molar-refractivity contribution in [3.8, 4) is 0 Å². The summed E-state index contributed by atoms with van der Waals surface area (Å²) < 4.78 is 0. The first-order chi connectivity index (χ1) is 6.79. The Balaban J connectivity index is 0.00000196. The van der Waals surface area contributed by atoms with E-state index in [2.05, 4.69) is 0 Å². The molecule has 0 fully saturated rings. The zero-order chi connectivity index (χ0) is 10.4. The van der Waals surface area contributed by atoms with Gasteiger partial charge in [0.2, 0.25) is 0 Å². The van der Waals surface area contributed by atoms with Crippen molar-refractivity contribution in [1.29, 1.82) is 0 Å². The molecule has 0 saturated carbocycles. The van der Waals surface area contributed by atoms with Gasteiger partial charge in [-0.1, -0.05) is 25.7 Å². The smallest absolute Gasteiger partial charge is 0.253 e. The third-order valence-corrected chi connectivity index (χ3v) is 2.28. The van der Waals surface area contributed by atoms with Crippen LogP contribution in [0.4, 0.5) is 0 Å². The van der Waals surface area contributed by atoms with Gasteiger partial charge >= 0.3 is 0 Å². The lowest BCUT2D eigenvalue weighted by molar-refractivity contribution is -0.127. The van der Waals surface area contributed by atoms with Crippen LogP contribution < -0.4 is 0 Å². The number of carbonyl (C=O) groups is 1. The number of likely N-dealkylation sites (N-methyl/N-ethyl adjacent to an activating group) is 1. The van der Waals surface area contributed by atoms with Gasteiger partial charge in [-0.25, -0.2) is 0 Å². The van der Waals surface area contributed by atoms with E-state index < -0.39 is 0 Å². The van der Waals surface area contributed by atoms with Crippen LogP contribution in [0.3, 0.4) is 0 Å². The Morgan fingerprint density at radius 3 is 2.73 bits per heavy atom. The molecule has 3 heteroatoms. The highest BCUT2D eigenvalue weighted by atomic mass is 16.3. The van der Waals surface area contributed by atoms with Crippen LogP contribution in [0.1, 0.15) is 27.2 Å². The fourth-order valence-electron chi connectivity index (χ4n) is 1.48. The second-order valence-electron chi connectivity index (χ2n) is 3.25. The molecule has 0 bridgehead atoms. The van der Waals surface area contributed by atoms with Gasteiger partial charge in [-0.3, -0.25) is 4.79 Å². The molecule has 15 heavy (non-hydrogen) atoms. The summed E-state index contributed by atoms with van der Waals surface area (Å²) in [4.78, 5) is 13.5. The first-order valence-electron chi connectivity index (χ1n) is 5.06. The van der Waals surface area contributed by atoms with E-state index in [9.17, 15) is 4.79 Å². The Labute approximate surface area is 92.1 Å². The van der Waals surface area contributed by atoms with Crippen LogP contribution in [0.5, 0.6) is 0 Å². The molecule has 0 heterocycles.